The van der Waals surface area contributed by atoms with Crippen LogP contribution in [0.2, 0.25) is 0 Å². The minimum atomic E-state index is 0.0891. The largest absolute Gasteiger partial charge is 0.308 e. The SMILES string of the molecule is CNC1(c2nc(C(C)(C)C)cs2)CCCC(C)C1C. The Morgan fingerprint density at radius 1 is 1.37 bits per heavy atom. The van der Waals surface area contributed by atoms with Crippen LogP contribution >= 0.6 is 11.3 Å². The molecule has 1 aromatic rings. The lowest BCUT2D eigenvalue weighted by atomic mass is 9.68. The predicted molar refractivity (Wildman–Crippen MR) is 83.7 cm³/mol. The Bertz CT molecular complexity index is 432. The Kier molecular flexibility index (Phi) is 4.08. The summed E-state index contributed by atoms with van der Waals surface area (Å²) < 4.78 is 0. The normalized spacial score (nSPS) is 32.5. The van der Waals surface area contributed by atoms with Crippen molar-refractivity contribution in [3.63, 3.8) is 0 Å². The van der Waals surface area contributed by atoms with Crippen LogP contribution in [0.25, 0.3) is 0 Å². The number of hydrogen-bond acceptors (Lipinski definition) is 3. The van der Waals surface area contributed by atoms with Crippen molar-refractivity contribution in [2.45, 2.75) is 64.8 Å². The van der Waals surface area contributed by atoms with E-state index in [0.29, 0.717) is 5.92 Å². The van der Waals surface area contributed by atoms with Gasteiger partial charge in [0.05, 0.1) is 11.2 Å². The van der Waals surface area contributed by atoms with E-state index in [2.05, 4.69) is 52.4 Å². The number of hydrogen-bond donors (Lipinski definition) is 1. The first-order valence-electron chi connectivity index (χ1n) is 7.46. The third kappa shape index (κ3) is 2.59. The summed E-state index contributed by atoms with van der Waals surface area (Å²) in [4.78, 5) is 4.99. The Morgan fingerprint density at radius 2 is 2.05 bits per heavy atom. The molecule has 0 spiro atoms. The zero-order valence-electron chi connectivity index (χ0n) is 13.2. The third-order valence-corrected chi connectivity index (χ3v) is 5.98. The molecule has 0 saturated heterocycles. The summed E-state index contributed by atoms with van der Waals surface area (Å²) >= 11 is 1.84. The fourth-order valence-electron chi connectivity index (χ4n) is 3.25. The number of nitrogens with zero attached hydrogens (tertiary/aromatic N) is 1. The van der Waals surface area contributed by atoms with E-state index in [1.807, 2.05) is 11.3 Å². The van der Waals surface area contributed by atoms with Crippen molar-refractivity contribution in [1.82, 2.24) is 10.3 Å². The van der Waals surface area contributed by atoms with E-state index in [9.17, 15) is 0 Å². The highest BCUT2D eigenvalue weighted by molar-refractivity contribution is 7.09. The summed E-state index contributed by atoms with van der Waals surface area (Å²) in [7, 11) is 2.10. The standard InChI is InChI=1S/C16H28N2S/c1-11-8-7-9-16(17-6,12(11)2)14-18-13(10-19-14)15(3,4)5/h10-12,17H,7-9H2,1-6H3. The van der Waals surface area contributed by atoms with E-state index in [1.54, 1.807) is 0 Å². The molecule has 2 nitrogen and oxygen atoms in total. The van der Waals surface area contributed by atoms with E-state index in [1.165, 1.54) is 30.0 Å². The molecule has 0 aliphatic heterocycles. The van der Waals surface area contributed by atoms with Crippen LogP contribution in [-0.2, 0) is 11.0 Å². The molecule has 0 amide bonds. The van der Waals surface area contributed by atoms with Crippen molar-refractivity contribution < 1.29 is 0 Å². The Morgan fingerprint density at radius 3 is 2.58 bits per heavy atom. The zero-order chi connectivity index (χ0) is 14.3. The van der Waals surface area contributed by atoms with Crippen molar-refractivity contribution in [3.05, 3.63) is 16.1 Å². The van der Waals surface area contributed by atoms with Crippen LogP contribution in [0.3, 0.4) is 0 Å². The molecule has 1 aliphatic rings. The summed E-state index contributed by atoms with van der Waals surface area (Å²) in [6.45, 7) is 11.5. The Hall–Kier alpha value is -0.410. The van der Waals surface area contributed by atoms with Crippen LogP contribution in [0.4, 0.5) is 0 Å². The smallest absolute Gasteiger partial charge is 0.113 e. The molecule has 0 aromatic carbocycles. The Balaban J connectivity index is 2.38. The van der Waals surface area contributed by atoms with E-state index < -0.39 is 0 Å². The maximum absolute atomic E-state index is 4.99. The highest BCUT2D eigenvalue weighted by Gasteiger charge is 2.44. The van der Waals surface area contributed by atoms with E-state index in [-0.39, 0.29) is 11.0 Å². The molecule has 0 radical (unpaired) electrons. The topological polar surface area (TPSA) is 24.9 Å². The lowest BCUT2D eigenvalue weighted by Crippen LogP contribution is -2.50. The highest BCUT2D eigenvalue weighted by atomic mass is 32.1. The minimum Gasteiger partial charge on any atom is -0.308 e. The monoisotopic (exact) mass is 280 g/mol. The molecule has 3 unspecified atom stereocenters. The van der Waals surface area contributed by atoms with Crippen LogP contribution in [0.5, 0.6) is 0 Å². The fourth-order valence-corrected chi connectivity index (χ4v) is 4.63. The van der Waals surface area contributed by atoms with Gasteiger partial charge in [0.15, 0.2) is 0 Å². The van der Waals surface area contributed by atoms with E-state index in [4.69, 9.17) is 4.98 Å². The van der Waals surface area contributed by atoms with E-state index >= 15 is 0 Å². The summed E-state index contributed by atoms with van der Waals surface area (Å²) in [5.74, 6) is 1.41. The average Bonchev–Trinajstić information content (AvgIpc) is 2.83. The van der Waals surface area contributed by atoms with Gasteiger partial charge in [-0.3, -0.25) is 0 Å². The second-order valence-corrected chi connectivity index (χ2v) is 8.03. The van der Waals surface area contributed by atoms with Gasteiger partial charge >= 0.3 is 0 Å². The van der Waals surface area contributed by atoms with Gasteiger partial charge < -0.3 is 5.32 Å². The van der Waals surface area contributed by atoms with Crippen molar-refractivity contribution in [2.75, 3.05) is 7.05 Å². The fraction of sp³-hybridized carbons (Fsp3) is 0.812. The van der Waals surface area contributed by atoms with Crippen LogP contribution in [0, 0.1) is 11.8 Å². The van der Waals surface area contributed by atoms with Crippen LogP contribution in [0.1, 0.15) is 64.6 Å². The molecule has 0 bridgehead atoms. The number of nitrogens with one attached hydrogen (secondary N) is 1. The molecule has 3 atom stereocenters. The maximum atomic E-state index is 4.99. The second kappa shape index (κ2) is 5.17. The first-order valence-corrected chi connectivity index (χ1v) is 8.34. The van der Waals surface area contributed by atoms with Crippen LogP contribution < -0.4 is 5.32 Å². The predicted octanol–water partition coefficient (Wildman–Crippen LogP) is 4.31. The molecule has 1 saturated carbocycles. The molecule has 1 aromatic heterocycles. The molecule has 19 heavy (non-hydrogen) atoms. The van der Waals surface area contributed by atoms with Gasteiger partial charge in [0.25, 0.3) is 0 Å². The zero-order valence-corrected chi connectivity index (χ0v) is 14.0. The summed E-state index contributed by atoms with van der Waals surface area (Å²) in [5.41, 5.74) is 1.46. The second-order valence-electron chi connectivity index (χ2n) is 7.17. The summed E-state index contributed by atoms with van der Waals surface area (Å²) in [6, 6.07) is 0. The maximum Gasteiger partial charge on any atom is 0.113 e. The first-order chi connectivity index (χ1) is 8.81. The van der Waals surface area contributed by atoms with Gasteiger partial charge in [-0.05, 0) is 25.3 Å². The van der Waals surface area contributed by atoms with Crippen molar-refractivity contribution in [1.29, 1.82) is 0 Å². The van der Waals surface area contributed by atoms with Gasteiger partial charge in [-0.15, -0.1) is 11.3 Å². The van der Waals surface area contributed by atoms with Crippen molar-refractivity contribution in [3.8, 4) is 0 Å². The first kappa shape index (κ1) is 15.0. The molecule has 3 heteroatoms. The molecular weight excluding hydrogens is 252 g/mol. The molecule has 108 valence electrons. The van der Waals surface area contributed by atoms with Crippen LogP contribution in [0.15, 0.2) is 5.38 Å². The number of aromatic nitrogens is 1. The molecule has 1 aliphatic carbocycles. The van der Waals surface area contributed by atoms with Crippen LogP contribution in [-0.4, -0.2) is 12.0 Å². The lowest BCUT2D eigenvalue weighted by Gasteiger charge is -2.44. The third-order valence-electron chi connectivity index (χ3n) is 4.96. The van der Waals surface area contributed by atoms with Gasteiger partial charge in [0, 0.05) is 10.8 Å². The van der Waals surface area contributed by atoms with Crippen molar-refractivity contribution >= 4 is 11.3 Å². The summed E-state index contributed by atoms with van der Waals surface area (Å²) in [6.07, 6.45) is 3.87. The molecule has 1 fully saturated rings. The van der Waals surface area contributed by atoms with E-state index in [0.717, 1.165) is 5.92 Å². The summed E-state index contributed by atoms with van der Waals surface area (Å²) in [5, 5.41) is 7.17. The quantitative estimate of drug-likeness (QED) is 0.873. The Labute approximate surface area is 122 Å². The van der Waals surface area contributed by atoms with Gasteiger partial charge in [0.1, 0.15) is 5.01 Å². The molecule has 1 heterocycles. The molecule has 2 rings (SSSR count). The average molecular weight is 280 g/mol. The lowest BCUT2D eigenvalue weighted by molar-refractivity contribution is 0.111. The van der Waals surface area contributed by atoms with Gasteiger partial charge in [0.2, 0.25) is 0 Å². The van der Waals surface area contributed by atoms with Gasteiger partial charge in [-0.2, -0.15) is 0 Å². The highest BCUT2D eigenvalue weighted by Crippen LogP contribution is 2.45. The number of thiazole rings is 1. The van der Waals surface area contributed by atoms with Gasteiger partial charge in [-0.25, -0.2) is 4.98 Å². The molecule has 1 N–H and O–H groups in total. The minimum absolute atomic E-state index is 0.0891. The molecular formula is C16H28N2S. The van der Waals surface area contributed by atoms with Crippen molar-refractivity contribution in [2.24, 2.45) is 11.8 Å². The number of rotatable bonds is 2. The van der Waals surface area contributed by atoms with Gasteiger partial charge in [-0.1, -0.05) is 47.5 Å².